The predicted octanol–water partition coefficient (Wildman–Crippen LogP) is 2.27. The Morgan fingerprint density at radius 2 is 1.67 bits per heavy atom. The average Bonchev–Trinajstić information content (AvgIpc) is 2.23. The molecule has 0 heterocycles. The van der Waals surface area contributed by atoms with Crippen molar-refractivity contribution < 1.29 is 23.4 Å². The SMILES string of the molecule is COC(CC(C)(O)Cc1cc(F)cc(F)c1)OC. The van der Waals surface area contributed by atoms with Crippen LogP contribution in [-0.2, 0) is 15.9 Å². The molecule has 1 N–H and O–H groups in total. The Hall–Kier alpha value is -1.04. The van der Waals surface area contributed by atoms with Gasteiger partial charge in [0.15, 0.2) is 6.29 Å². The van der Waals surface area contributed by atoms with Crippen molar-refractivity contribution in [3.05, 3.63) is 35.4 Å². The molecular weight excluding hydrogens is 242 g/mol. The van der Waals surface area contributed by atoms with E-state index in [1.54, 1.807) is 6.92 Å². The van der Waals surface area contributed by atoms with Crippen LogP contribution in [0.25, 0.3) is 0 Å². The molecule has 0 bridgehead atoms. The van der Waals surface area contributed by atoms with Crippen LogP contribution in [0, 0.1) is 11.6 Å². The maximum absolute atomic E-state index is 13.0. The van der Waals surface area contributed by atoms with E-state index in [9.17, 15) is 13.9 Å². The Morgan fingerprint density at radius 1 is 1.17 bits per heavy atom. The maximum atomic E-state index is 13.0. The Balaban J connectivity index is 2.74. The van der Waals surface area contributed by atoms with Gasteiger partial charge in [-0.15, -0.1) is 0 Å². The largest absolute Gasteiger partial charge is 0.390 e. The molecule has 0 spiro atoms. The van der Waals surface area contributed by atoms with Crippen molar-refractivity contribution in [2.24, 2.45) is 0 Å². The number of hydrogen-bond acceptors (Lipinski definition) is 3. The van der Waals surface area contributed by atoms with Gasteiger partial charge in [0.2, 0.25) is 0 Å². The molecule has 0 saturated heterocycles. The van der Waals surface area contributed by atoms with E-state index in [4.69, 9.17) is 9.47 Å². The normalized spacial score (nSPS) is 14.8. The lowest BCUT2D eigenvalue weighted by atomic mass is 9.93. The van der Waals surface area contributed by atoms with Crippen LogP contribution >= 0.6 is 0 Å². The van der Waals surface area contributed by atoms with E-state index < -0.39 is 23.5 Å². The predicted molar refractivity (Wildman–Crippen MR) is 63.1 cm³/mol. The van der Waals surface area contributed by atoms with Gasteiger partial charge in [0.05, 0.1) is 5.60 Å². The monoisotopic (exact) mass is 260 g/mol. The molecule has 0 aromatic heterocycles. The lowest BCUT2D eigenvalue weighted by Crippen LogP contribution is -2.34. The minimum Gasteiger partial charge on any atom is -0.390 e. The van der Waals surface area contributed by atoms with Crippen LogP contribution in [0.1, 0.15) is 18.9 Å². The fourth-order valence-electron chi connectivity index (χ4n) is 1.85. The molecule has 0 radical (unpaired) electrons. The third-order valence-electron chi connectivity index (χ3n) is 2.64. The summed E-state index contributed by atoms with van der Waals surface area (Å²) in [5, 5.41) is 10.2. The zero-order chi connectivity index (χ0) is 13.8. The first-order chi connectivity index (χ1) is 8.36. The van der Waals surface area contributed by atoms with Gasteiger partial charge in [-0.1, -0.05) is 0 Å². The molecule has 0 aliphatic heterocycles. The summed E-state index contributed by atoms with van der Waals surface area (Å²) in [6.07, 6.45) is -0.235. The Kier molecular flexibility index (Phi) is 5.19. The summed E-state index contributed by atoms with van der Waals surface area (Å²) in [4.78, 5) is 0. The molecule has 3 nitrogen and oxygen atoms in total. The molecule has 1 aromatic carbocycles. The van der Waals surface area contributed by atoms with Crippen LogP contribution in [0.15, 0.2) is 18.2 Å². The topological polar surface area (TPSA) is 38.7 Å². The van der Waals surface area contributed by atoms with E-state index in [0.717, 1.165) is 6.07 Å². The molecule has 0 fully saturated rings. The molecule has 18 heavy (non-hydrogen) atoms. The van der Waals surface area contributed by atoms with Crippen LogP contribution < -0.4 is 0 Å². The van der Waals surface area contributed by atoms with Gasteiger partial charge >= 0.3 is 0 Å². The second-order valence-corrected chi connectivity index (χ2v) is 4.56. The second-order valence-electron chi connectivity index (χ2n) is 4.56. The fraction of sp³-hybridized carbons (Fsp3) is 0.538. The van der Waals surface area contributed by atoms with Crippen molar-refractivity contribution in [2.75, 3.05) is 14.2 Å². The van der Waals surface area contributed by atoms with Crippen molar-refractivity contribution in [2.45, 2.75) is 31.7 Å². The Bertz CT molecular complexity index is 370. The third kappa shape index (κ3) is 4.68. The molecule has 0 aliphatic rings. The highest BCUT2D eigenvalue weighted by Gasteiger charge is 2.26. The molecule has 1 aromatic rings. The molecule has 0 amide bonds. The molecule has 102 valence electrons. The van der Waals surface area contributed by atoms with Crippen LogP contribution in [-0.4, -0.2) is 31.2 Å². The van der Waals surface area contributed by atoms with Crippen LogP contribution in [0.2, 0.25) is 0 Å². The van der Waals surface area contributed by atoms with Gasteiger partial charge in [-0.25, -0.2) is 8.78 Å². The lowest BCUT2D eigenvalue weighted by molar-refractivity contribution is -0.139. The number of aliphatic hydroxyl groups is 1. The zero-order valence-corrected chi connectivity index (χ0v) is 10.7. The standard InChI is InChI=1S/C13H18F2O3/c1-13(16,8-12(17-2)18-3)7-9-4-10(14)6-11(15)5-9/h4-6,12,16H,7-8H2,1-3H3. The van der Waals surface area contributed by atoms with Crippen molar-refractivity contribution >= 4 is 0 Å². The van der Waals surface area contributed by atoms with E-state index in [-0.39, 0.29) is 12.8 Å². The van der Waals surface area contributed by atoms with Gasteiger partial charge in [-0.2, -0.15) is 0 Å². The second kappa shape index (κ2) is 6.22. The van der Waals surface area contributed by atoms with Crippen molar-refractivity contribution in [3.63, 3.8) is 0 Å². The summed E-state index contributed by atoms with van der Waals surface area (Å²) in [6, 6.07) is 3.20. The Morgan fingerprint density at radius 3 is 2.11 bits per heavy atom. The third-order valence-corrected chi connectivity index (χ3v) is 2.64. The van der Waals surface area contributed by atoms with Gasteiger partial charge in [0, 0.05) is 33.1 Å². The molecule has 5 heteroatoms. The van der Waals surface area contributed by atoms with E-state index in [2.05, 4.69) is 0 Å². The highest BCUT2D eigenvalue weighted by molar-refractivity contribution is 5.19. The maximum Gasteiger partial charge on any atom is 0.159 e. The van der Waals surface area contributed by atoms with E-state index in [1.807, 2.05) is 0 Å². The molecule has 1 atom stereocenters. The summed E-state index contributed by atoms with van der Waals surface area (Å²) in [7, 11) is 2.93. The van der Waals surface area contributed by atoms with Gasteiger partial charge in [-0.3, -0.25) is 0 Å². The van der Waals surface area contributed by atoms with E-state index in [1.165, 1.54) is 26.4 Å². The summed E-state index contributed by atoms with van der Waals surface area (Å²) in [6.45, 7) is 1.57. The van der Waals surface area contributed by atoms with Gasteiger partial charge < -0.3 is 14.6 Å². The number of halogens is 2. The van der Waals surface area contributed by atoms with Gasteiger partial charge in [0.25, 0.3) is 0 Å². The molecule has 0 aliphatic carbocycles. The van der Waals surface area contributed by atoms with Gasteiger partial charge in [0.1, 0.15) is 11.6 Å². The Labute approximate surface area is 105 Å². The molecule has 0 saturated carbocycles. The van der Waals surface area contributed by atoms with E-state index >= 15 is 0 Å². The van der Waals surface area contributed by atoms with Crippen LogP contribution in [0.4, 0.5) is 8.78 Å². The number of ether oxygens (including phenoxy) is 2. The number of hydrogen-bond donors (Lipinski definition) is 1. The first kappa shape index (κ1) is 15.0. The first-order valence-corrected chi connectivity index (χ1v) is 5.59. The first-order valence-electron chi connectivity index (χ1n) is 5.59. The highest BCUT2D eigenvalue weighted by Crippen LogP contribution is 2.21. The summed E-state index contributed by atoms with van der Waals surface area (Å²) in [5.41, 5.74) is -0.778. The van der Waals surface area contributed by atoms with Crippen molar-refractivity contribution in [3.8, 4) is 0 Å². The highest BCUT2D eigenvalue weighted by atomic mass is 19.1. The zero-order valence-electron chi connectivity index (χ0n) is 10.7. The molecular formula is C13H18F2O3. The van der Waals surface area contributed by atoms with Crippen LogP contribution in [0.5, 0.6) is 0 Å². The molecule has 1 rings (SSSR count). The average molecular weight is 260 g/mol. The fourth-order valence-corrected chi connectivity index (χ4v) is 1.85. The lowest BCUT2D eigenvalue weighted by Gasteiger charge is -2.27. The minimum atomic E-state index is -1.17. The minimum absolute atomic E-state index is 0.116. The van der Waals surface area contributed by atoms with Crippen molar-refractivity contribution in [1.82, 2.24) is 0 Å². The van der Waals surface area contributed by atoms with Crippen LogP contribution in [0.3, 0.4) is 0 Å². The summed E-state index contributed by atoms with van der Waals surface area (Å²) in [5.74, 6) is -1.31. The number of rotatable bonds is 6. The van der Waals surface area contributed by atoms with Crippen molar-refractivity contribution in [1.29, 1.82) is 0 Å². The number of benzene rings is 1. The smallest absolute Gasteiger partial charge is 0.159 e. The van der Waals surface area contributed by atoms with E-state index in [0.29, 0.717) is 5.56 Å². The summed E-state index contributed by atoms with van der Waals surface area (Å²) < 4.78 is 36.0. The van der Waals surface area contributed by atoms with Gasteiger partial charge in [-0.05, 0) is 24.6 Å². The number of methoxy groups -OCH3 is 2. The molecule has 1 unspecified atom stereocenters. The summed E-state index contributed by atoms with van der Waals surface area (Å²) >= 11 is 0. The quantitative estimate of drug-likeness (QED) is 0.797.